The molecule has 66 valence electrons. The van der Waals surface area contributed by atoms with E-state index >= 15 is 0 Å². The summed E-state index contributed by atoms with van der Waals surface area (Å²) in [6.45, 7) is 4.20. The minimum absolute atomic E-state index is 1.01. The van der Waals surface area contributed by atoms with Crippen molar-refractivity contribution in [2.24, 2.45) is 0 Å². The van der Waals surface area contributed by atoms with Crippen LogP contribution in [0, 0.1) is 6.92 Å². The molecular formula is C9H13IN2. The highest BCUT2D eigenvalue weighted by atomic mass is 127. The smallest absolute Gasteiger partial charge is 0.115 e. The molecule has 0 N–H and O–H groups in total. The van der Waals surface area contributed by atoms with E-state index in [2.05, 4.69) is 46.4 Å². The Morgan fingerprint density at radius 1 is 1.42 bits per heavy atom. The van der Waals surface area contributed by atoms with Gasteiger partial charge in [-0.15, -0.1) is 0 Å². The van der Waals surface area contributed by atoms with E-state index in [1.807, 2.05) is 0 Å². The summed E-state index contributed by atoms with van der Waals surface area (Å²) in [4.78, 5) is 8.45. The monoisotopic (exact) mass is 276 g/mol. The SMILES string of the molecule is CCc1ncnc(C)c1CCI. The zero-order valence-corrected chi connectivity index (χ0v) is 9.63. The summed E-state index contributed by atoms with van der Waals surface area (Å²) in [6, 6.07) is 0. The maximum Gasteiger partial charge on any atom is 0.115 e. The van der Waals surface area contributed by atoms with Gasteiger partial charge in [0, 0.05) is 15.8 Å². The highest BCUT2D eigenvalue weighted by Gasteiger charge is 2.04. The third-order valence-corrected chi connectivity index (χ3v) is 2.47. The first-order valence-electron chi connectivity index (χ1n) is 4.15. The molecule has 1 aromatic heterocycles. The van der Waals surface area contributed by atoms with Crippen LogP contribution in [0.1, 0.15) is 23.9 Å². The van der Waals surface area contributed by atoms with Gasteiger partial charge in [0.25, 0.3) is 0 Å². The molecule has 0 saturated heterocycles. The second-order valence-electron chi connectivity index (χ2n) is 2.68. The summed E-state index contributed by atoms with van der Waals surface area (Å²) in [5.41, 5.74) is 3.69. The van der Waals surface area contributed by atoms with Crippen molar-refractivity contribution in [3.63, 3.8) is 0 Å². The quantitative estimate of drug-likeness (QED) is 0.625. The number of alkyl halides is 1. The molecule has 1 aromatic rings. The number of aromatic nitrogens is 2. The van der Waals surface area contributed by atoms with Crippen molar-refractivity contribution in [3.05, 3.63) is 23.3 Å². The minimum atomic E-state index is 1.01. The van der Waals surface area contributed by atoms with Crippen LogP contribution in [0.2, 0.25) is 0 Å². The van der Waals surface area contributed by atoms with Gasteiger partial charge in [-0.1, -0.05) is 29.5 Å². The van der Waals surface area contributed by atoms with E-state index in [1.54, 1.807) is 6.33 Å². The highest BCUT2D eigenvalue weighted by Crippen LogP contribution is 2.11. The Morgan fingerprint density at radius 3 is 2.75 bits per heavy atom. The fourth-order valence-electron chi connectivity index (χ4n) is 1.27. The Morgan fingerprint density at radius 2 is 2.17 bits per heavy atom. The maximum atomic E-state index is 4.26. The number of hydrogen-bond donors (Lipinski definition) is 0. The average Bonchev–Trinajstić information content (AvgIpc) is 2.09. The van der Waals surface area contributed by atoms with E-state index in [-0.39, 0.29) is 0 Å². The zero-order valence-electron chi connectivity index (χ0n) is 7.47. The van der Waals surface area contributed by atoms with E-state index in [0.717, 1.165) is 23.0 Å². The Kier molecular flexibility index (Phi) is 3.91. The largest absolute Gasteiger partial charge is 0.241 e. The van der Waals surface area contributed by atoms with E-state index in [9.17, 15) is 0 Å². The summed E-state index contributed by atoms with van der Waals surface area (Å²) in [5.74, 6) is 0. The van der Waals surface area contributed by atoms with E-state index < -0.39 is 0 Å². The molecule has 0 unspecified atom stereocenters. The summed E-state index contributed by atoms with van der Waals surface area (Å²) >= 11 is 2.39. The molecule has 0 bridgehead atoms. The molecule has 0 aliphatic rings. The molecule has 0 atom stereocenters. The number of nitrogens with zero attached hydrogens (tertiary/aromatic N) is 2. The Balaban J connectivity index is 3.02. The molecule has 0 aliphatic heterocycles. The molecule has 0 amide bonds. The molecule has 0 fully saturated rings. The van der Waals surface area contributed by atoms with Crippen molar-refractivity contribution in [2.75, 3.05) is 4.43 Å². The normalized spacial score (nSPS) is 10.2. The lowest BCUT2D eigenvalue weighted by molar-refractivity contribution is 0.910. The average molecular weight is 276 g/mol. The van der Waals surface area contributed by atoms with Crippen LogP contribution in [0.3, 0.4) is 0 Å². The van der Waals surface area contributed by atoms with Gasteiger partial charge in [-0.2, -0.15) is 0 Å². The fourth-order valence-corrected chi connectivity index (χ4v) is 1.81. The molecule has 0 spiro atoms. The lowest BCUT2D eigenvalue weighted by Gasteiger charge is -2.06. The zero-order chi connectivity index (χ0) is 8.97. The third-order valence-electron chi connectivity index (χ3n) is 1.93. The van der Waals surface area contributed by atoms with Crippen LogP contribution in [0.5, 0.6) is 0 Å². The van der Waals surface area contributed by atoms with Gasteiger partial charge >= 0.3 is 0 Å². The standard InChI is InChI=1S/C9H13IN2/c1-3-9-8(4-5-10)7(2)11-6-12-9/h6H,3-5H2,1-2H3. The van der Waals surface area contributed by atoms with Gasteiger partial charge in [0.05, 0.1) is 0 Å². The van der Waals surface area contributed by atoms with Gasteiger partial charge in [0.15, 0.2) is 0 Å². The molecular weight excluding hydrogens is 263 g/mol. The van der Waals surface area contributed by atoms with E-state index in [0.29, 0.717) is 0 Å². The second kappa shape index (κ2) is 4.74. The van der Waals surface area contributed by atoms with Crippen molar-refractivity contribution in [1.29, 1.82) is 0 Å². The molecule has 0 aromatic carbocycles. The predicted octanol–water partition coefficient (Wildman–Crippen LogP) is 2.32. The molecule has 12 heavy (non-hydrogen) atoms. The second-order valence-corrected chi connectivity index (χ2v) is 3.76. The topological polar surface area (TPSA) is 25.8 Å². The van der Waals surface area contributed by atoms with Crippen molar-refractivity contribution in [3.8, 4) is 0 Å². The molecule has 3 heteroatoms. The van der Waals surface area contributed by atoms with Gasteiger partial charge < -0.3 is 0 Å². The van der Waals surface area contributed by atoms with Crippen LogP contribution >= 0.6 is 22.6 Å². The summed E-state index contributed by atoms with van der Waals surface area (Å²) in [7, 11) is 0. The Labute approximate surface area is 87.0 Å². The van der Waals surface area contributed by atoms with Crippen LogP contribution in [-0.4, -0.2) is 14.4 Å². The van der Waals surface area contributed by atoms with Crippen LogP contribution in [0.15, 0.2) is 6.33 Å². The minimum Gasteiger partial charge on any atom is -0.241 e. The first-order chi connectivity index (χ1) is 5.79. The number of aryl methyl sites for hydroxylation is 2. The first kappa shape index (κ1) is 9.89. The Hall–Kier alpha value is -0.190. The van der Waals surface area contributed by atoms with Crippen molar-refractivity contribution in [1.82, 2.24) is 9.97 Å². The van der Waals surface area contributed by atoms with Gasteiger partial charge in [0.1, 0.15) is 6.33 Å². The van der Waals surface area contributed by atoms with Gasteiger partial charge in [0.2, 0.25) is 0 Å². The van der Waals surface area contributed by atoms with Crippen LogP contribution in [0.25, 0.3) is 0 Å². The Bertz CT molecular complexity index is 261. The van der Waals surface area contributed by atoms with Gasteiger partial charge in [-0.05, 0) is 25.3 Å². The van der Waals surface area contributed by atoms with Crippen molar-refractivity contribution >= 4 is 22.6 Å². The first-order valence-corrected chi connectivity index (χ1v) is 5.67. The fraction of sp³-hybridized carbons (Fsp3) is 0.556. The third kappa shape index (κ3) is 2.15. The van der Waals surface area contributed by atoms with Crippen LogP contribution in [-0.2, 0) is 12.8 Å². The van der Waals surface area contributed by atoms with E-state index in [1.165, 1.54) is 11.3 Å². The highest BCUT2D eigenvalue weighted by molar-refractivity contribution is 14.1. The molecule has 2 nitrogen and oxygen atoms in total. The number of rotatable bonds is 3. The predicted molar refractivity (Wildman–Crippen MR) is 58.7 cm³/mol. The lowest BCUT2D eigenvalue weighted by Crippen LogP contribution is -2.02. The van der Waals surface area contributed by atoms with Crippen LogP contribution in [0.4, 0.5) is 0 Å². The summed E-state index contributed by atoms with van der Waals surface area (Å²) in [5, 5.41) is 0. The molecule has 1 heterocycles. The lowest BCUT2D eigenvalue weighted by atomic mass is 10.1. The maximum absolute atomic E-state index is 4.26. The van der Waals surface area contributed by atoms with Crippen LogP contribution < -0.4 is 0 Å². The summed E-state index contributed by atoms with van der Waals surface area (Å²) < 4.78 is 1.14. The molecule has 0 saturated carbocycles. The molecule has 0 aliphatic carbocycles. The number of halogens is 1. The van der Waals surface area contributed by atoms with Gasteiger partial charge in [-0.25, -0.2) is 9.97 Å². The summed E-state index contributed by atoms with van der Waals surface area (Å²) in [6.07, 6.45) is 3.76. The van der Waals surface area contributed by atoms with E-state index in [4.69, 9.17) is 0 Å². The number of hydrogen-bond acceptors (Lipinski definition) is 2. The van der Waals surface area contributed by atoms with Crippen molar-refractivity contribution in [2.45, 2.75) is 26.7 Å². The van der Waals surface area contributed by atoms with Gasteiger partial charge in [-0.3, -0.25) is 0 Å². The molecule has 1 rings (SSSR count). The van der Waals surface area contributed by atoms with Crippen molar-refractivity contribution < 1.29 is 0 Å². The molecule has 0 radical (unpaired) electrons.